The number of thiazole rings is 1. The number of carbonyl (C=O) groups excluding carboxylic acids is 1. The Kier molecular flexibility index (Phi) is 6.95. The van der Waals surface area contributed by atoms with Gasteiger partial charge in [0.05, 0.1) is 22.2 Å². The van der Waals surface area contributed by atoms with E-state index in [1.807, 2.05) is 37.3 Å². The molecule has 0 unspecified atom stereocenters. The number of sulfonamides is 1. The van der Waals surface area contributed by atoms with Crippen LogP contribution in [-0.4, -0.2) is 31.2 Å². The lowest BCUT2D eigenvalue weighted by Crippen LogP contribution is -2.45. The number of nitrogens with one attached hydrogen (secondary N) is 1. The number of aromatic nitrogens is 1. The lowest BCUT2D eigenvalue weighted by molar-refractivity contribution is -0.116. The summed E-state index contributed by atoms with van der Waals surface area (Å²) >= 11 is 1.10. The Labute approximate surface area is 207 Å². The number of aryl methyl sites for hydroxylation is 1. The van der Waals surface area contributed by atoms with Crippen LogP contribution >= 0.6 is 11.3 Å². The summed E-state index contributed by atoms with van der Waals surface area (Å²) in [6, 6.07) is 19.9. The predicted molar refractivity (Wildman–Crippen MR) is 140 cm³/mol. The first-order valence-corrected chi connectivity index (χ1v) is 13.6. The standard InChI is InChI=1S/C25H25N3O5S2/c1-4-27-22-15-10-18(16-23(22)34-25(27)30)26-24(29)17(2)28(35(3,31)32)19-11-13-21(14-12-19)33-20-8-6-5-7-9-20/h5-17H,4H2,1-3H3,(H,26,29)/t17-/m1/s1. The number of anilines is 2. The molecule has 1 N–H and O–H groups in total. The molecule has 1 aromatic heterocycles. The normalized spacial score (nSPS) is 12.3. The molecule has 0 aliphatic carbocycles. The molecular weight excluding hydrogens is 486 g/mol. The molecule has 35 heavy (non-hydrogen) atoms. The van der Waals surface area contributed by atoms with Gasteiger partial charge in [0.25, 0.3) is 0 Å². The Morgan fingerprint density at radius 1 is 1.06 bits per heavy atom. The number of amides is 1. The quantitative estimate of drug-likeness (QED) is 0.371. The molecule has 0 aliphatic rings. The van der Waals surface area contributed by atoms with Gasteiger partial charge < -0.3 is 10.1 Å². The molecule has 0 spiro atoms. The Morgan fingerprint density at radius 3 is 2.34 bits per heavy atom. The van der Waals surface area contributed by atoms with E-state index in [2.05, 4.69) is 5.32 Å². The number of hydrogen-bond donors (Lipinski definition) is 1. The van der Waals surface area contributed by atoms with Gasteiger partial charge in [0.2, 0.25) is 15.9 Å². The Hall–Kier alpha value is -3.63. The molecule has 10 heteroatoms. The van der Waals surface area contributed by atoms with E-state index in [0.29, 0.717) is 29.4 Å². The monoisotopic (exact) mass is 511 g/mol. The molecule has 4 rings (SSSR count). The molecule has 1 atom stereocenters. The summed E-state index contributed by atoms with van der Waals surface area (Å²) in [5.74, 6) is 0.697. The topological polar surface area (TPSA) is 97.7 Å². The summed E-state index contributed by atoms with van der Waals surface area (Å²) in [6.07, 6.45) is 1.06. The number of para-hydroxylation sites is 1. The van der Waals surface area contributed by atoms with Gasteiger partial charge in [0.1, 0.15) is 17.5 Å². The molecule has 0 saturated heterocycles. The summed E-state index contributed by atoms with van der Waals surface area (Å²) in [5.41, 5.74) is 1.62. The van der Waals surface area contributed by atoms with E-state index in [-0.39, 0.29) is 4.87 Å². The second-order valence-electron chi connectivity index (χ2n) is 7.93. The lowest BCUT2D eigenvalue weighted by atomic mass is 10.2. The minimum atomic E-state index is -3.78. The van der Waals surface area contributed by atoms with E-state index >= 15 is 0 Å². The summed E-state index contributed by atoms with van der Waals surface area (Å²) < 4.78 is 34.5. The second-order valence-corrected chi connectivity index (χ2v) is 10.8. The Morgan fingerprint density at radius 2 is 1.71 bits per heavy atom. The number of ether oxygens (including phenoxy) is 1. The highest BCUT2D eigenvalue weighted by molar-refractivity contribution is 7.92. The van der Waals surface area contributed by atoms with Crippen LogP contribution in [0.1, 0.15) is 13.8 Å². The van der Waals surface area contributed by atoms with Gasteiger partial charge in [-0.1, -0.05) is 29.5 Å². The fraction of sp³-hybridized carbons (Fsp3) is 0.200. The highest BCUT2D eigenvalue weighted by Gasteiger charge is 2.29. The molecule has 0 aliphatic heterocycles. The van der Waals surface area contributed by atoms with Crippen LogP contribution in [0, 0.1) is 0 Å². The van der Waals surface area contributed by atoms with Gasteiger partial charge in [-0.05, 0) is 68.4 Å². The third-order valence-electron chi connectivity index (χ3n) is 5.41. The highest BCUT2D eigenvalue weighted by Crippen LogP contribution is 2.28. The largest absolute Gasteiger partial charge is 0.457 e. The lowest BCUT2D eigenvalue weighted by Gasteiger charge is -2.28. The van der Waals surface area contributed by atoms with Crippen LogP contribution < -0.4 is 19.2 Å². The van der Waals surface area contributed by atoms with Gasteiger partial charge in [0.15, 0.2) is 0 Å². The molecule has 8 nitrogen and oxygen atoms in total. The van der Waals surface area contributed by atoms with Gasteiger partial charge in [-0.3, -0.25) is 18.5 Å². The molecule has 0 radical (unpaired) electrons. The van der Waals surface area contributed by atoms with E-state index in [1.54, 1.807) is 47.0 Å². The molecule has 1 amide bonds. The maximum atomic E-state index is 13.0. The minimum Gasteiger partial charge on any atom is -0.457 e. The number of nitrogens with zero attached hydrogens (tertiary/aromatic N) is 2. The smallest absolute Gasteiger partial charge is 0.308 e. The van der Waals surface area contributed by atoms with Crippen LogP contribution in [0.15, 0.2) is 77.6 Å². The van der Waals surface area contributed by atoms with Gasteiger partial charge in [-0.25, -0.2) is 8.42 Å². The molecule has 0 saturated carbocycles. The van der Waals surface area contributed by atoms with Crippen molar-refractivity contribution in [3.8, 4) is 11.5 Å². The van der Waals surface area contributed by atoms with Gasteiger partial charge in [-0.15, -0.1) is 0 Å². The van der Waals surface area contributed by atoms with Gasteiger partial charge >= 0.3 is 4.87 Å². The SMILES string of the molecule is CCn1c(=O)sc2cc(NC(=O)[C@@H](C)N(c3ccc(Oc4ccccc4)cc3)S(C)(=O)=O)ccc21. The molecule has 182 valence electrons. The first-order valence-electron chi connectivity index (χ1n) is 10.9. The van der Waals surface area contributed by atoms with Crippen molar-refractivity contribution in [2.45, 2.75) is 26.4 Å². The zero-order chi connectivity index (χ0) is 25.2. The first-order chi connectivity index (χ1) is 16.7. The predicted octanol–water partition coefficient (Wildman–Crippen LogP) is 4.67. The fourth-order valence-electron chi connectivity index (χ4n) is 3.78. The zero-order valence-corrected chi connectivity index (χ0v) is 21.1. The molecule has 3 aromatic carbocycles. The van der Waals surface area contributed by atoms with Crippen LogP contribution in [0.3, 0.4) is 0 Å². The molecule has 1 heterocycles. The number of benzene rings is 3. The van der Waals surface area contributed by atoms with E-state index in [0.717, 1.165) is 32.1 Å². The van der Waals surface area contributed by atoms with Crippen molar-refractivity contribution in [1.29, 1.82) is 0 Å². The molecule has 4 aromatic rings. The number of rotatable bonds is 8. The summed E-state index contributed by atoms with van der Waals surface area (Å²) in [6.45, 7) is 3.97. The maximum absolute atomic E-state index is 13.0. The van der Waals surface area contributed by atoms with E-state index < -0.39 is 22.0 Å². The van der Waals surface area contributed by atoms with Gasteiger partial charge in [-0.2, -0.15) is 0 Å². The van der Waals surface area contributed by atoms with Crippen LogP contribution in [0.4, 0.5) is 11.4 Å². The Balaban J connectivity index is 1.55. The average Bonchev–Trinajstić information content (AvgIpc) is 3.14. The van der Waals surface area contributed by atoms with E-state index in [1.165, 1.54) is 6.92 Å². The second kappa shape index (κ2) is 9.93. The summed E-state index contributed by atoms with van der Waals surface area (Å²) in [5, 5.41) is 2.77. The van der Waals surface area contributed by atoms with Crippen LogP contribution in [-0.2, 0) is 21.4 Å². The molecule has 0 fully saturated rings. The number of fused-ring (bicyclic) bond motifs is 1. The van der Waals surface area contributed by atoms with Crippen molar-refractivity contribution < 1.29 is 17.9 Å². The van der Waals surface area contributed by atoms with Crippen LogP contribution in [0.5, 0.6) is 11.5 Å². The van der Waals surface area contributed by atoms with Crippen LogP contribution in [0.2, 0.25) is 0 Å². The third-order valence-corrected chi connectivity index (χ3v) is 7.59. The fourth-order valence-corrected chi connectivity index (χ4v) is 5.95. The zero-order valence-electron chi connectivity index (χ0n) is 19.5. The number of hydrogen-bond acceptors (Lipinski definition) is 6. The first kappa shape index (κ1) is 24.5. The summed E-state index contributed by atoms with van der Waals surface area (Å²) in [7, 11) is -3.78. The van der Waals surface area contributed by atoms with Crippen molar-refractivity contribution in [3.05, 3.63) is 82.5 Å². The van der Waals surface area contributed by atoms with Crippen molar-refractivity contribution in [2.75, 3.05) is 15.9 Å². The van der Waals surface area contributed by atoms with Crippen molar-refractivity contribution in [3.63, 3.8) is 0 Å². The third kappa shape index (κ3) is 5.39. The van der Waals surface area contributed by atoms with Crippen LogP contribution in [0.25, 0.3) is 10.2 Å². The highest BCUT2D eigenvalue weighted by atomic mass is 32.2. The van der Waals surface area contributed by atoms with E-state index in [9.17, 15) is 18.0 Å². The van der Waals surface area contributed by atoms with E-state index in [4.69, 9.17) is 4.74 Å². The van der Waals surface area contributed by atoms with Crippen molar-refractivity contribution in [1.82, 2.24) is 4.57 Å². The average molecular weight is 512 g/mol. The summed E-state index contributed by atoms with van der Waals surface area (Å²) in [4.78, 5) is 25.1. The van der Waals surface area contributed by atoms with Crippen molar-refractivity contribution in [2.24, 2.45) is 0 Å². The number of carbonyl (C=O) groups is 1. The minimum absolute atomic E-state index is 0.0673. The maximum Gasteiger partial charge on any atom is 0.308 e. The Bertz CT molecular complexity index is 1510. The van der Waals surface area contributed by atoms with Gasteiger partial charge in [0, 0.05) is 12.2 Å². The molecular formula is C25H25N3O5S2. The molecule has 0 bridgehead atoms. The van der Waals surface area contributed by atoms with Crippen molar-refractivity contribution >= 4 is 48.9 Å².